The SMILES string of the molecule is COC(=O)c1ccc([S+](C)Cc2ccccc2)cc1.O=S(=O)([O-])C(F)(F)F. The fraction of sp³-hybridized carbons (Fsp3) is 0.235. The Hall–Kier alpha value is -2.04. The molecule has 0 amide bonds. The molecule has 0 aliphatic rings. The van der Waals surface area contributed by atoms with Crippen LogP contribution in [0.1, 0.15) is 15.9 Å². The van der Waals surface area contributed by atoms with Crippen molar-refractivity contribution in [3.8, 4) is 0 Å². The Morgan fingerprint density at radius 2 is 1.56 bits per heavy atom. The zero-order valence-electron chi connectivity index (χ0n) is 14.4. The van der Waals surface area contributed by atoms with E-state index in [1.165, 1.54) is 17.6 Å². The van der Waals surface area contributed by atoms with Crippen LogP contribution in [0.15, 0.2) is 59.5 Å². The fourth-order valence-electron chi connectivity index (χ4n) is 1.85. The lowest BCUT2D eigenvalue weighted by Crippen LogP contribution is -2.21. The molecule has 0 heterocycles. The van der Waals surface area contributed by atoms with Gasteiger partial charge in [-0.25, -0.2) is 13.2 Å². The van der Waals surface area contributed by atoms with Crippen LogP contribution in [0.2, 0.25) is 0 Å². The molecular formula is C17H17F3O5S2. The number of rotatable bonds is 4. The molecule has 0 N–H and O–H groups in total. The molecule has 0 bridgehead atoms. The molecule has 10 heteroatoms. The maximum Gasteiger partial charge on any atom is 0.485 e. The maximum atomic E-state index is 11.4. The number of benzene rings is 2. The summed E-state index contributed by atoms with van der Waals surface area (Å²) >= 11 is 0. The summed E-state index contributed by atoms with van der Waals surface area (Å²) in [7, 11) is -4.55. The lowest BCUT2D eigenvalue weighted by molar-refractivity contribution is -0.0517. The molecule has 0 spiro atoms. The normalized spacial score (nSPS) is 12.5. The van der Waals surface area contributed by atoms with Crippen LogP contribution in [0.5, 0.6) is 0 Å². The van der Waals surface area contributed by atoms with Crippen LogP contribution in [0.25, 0.3) is 0 Å². The van der Waals surface area contributed by atoms with Crippen LogP contribution in [0.4, 0.5) is 13.2 Å². The van der Waals surface area contributed by atoms with Crippen molar-refractivity contribution in [1.82, 2.24) is 0 Å². The van der Waals surface area contributed by atoms with E-state index in [4.69, 9.17) is 17.7 Å². The molecule has 0 fully saturated rings. The number of hydrogen-bond donors (Lipinski definition) is 0. The van der Waals surface area contributed by atoms with Crippen LogP contribution in [0, 0.1) is 0 Å². The van der Waals surface area contributed by atoms with Crippen LogP contribution < -0.4 is 0 Å². The summed E-state index contributed by atoms with van der Waals surface area (Å²) in [4.78, 5) is 12.6. The highest BCUT2D eigenvalue weighted by atomic mass is 32.2. The lowest BCUT2D eigenvalue weighted by Gasteiger charge is -2.08. The first-order valence-electron chi connectivity index (χ1n) is 7.32. The minimum atomic E-state index is -6.09. The number of hydrogen-bond acceptors (Lipinski definition) is 5. The van der Waals surface area contributed by atoms with Gasteiger partial charge < -0.3 is 9.29 Å². The van der Waals surface area contributed by atoms with E-state index in [2.05, 4.69) is 30.5 Å². The highest BCUT2D eigenvalue weighted by Gasteiger charge is 2.36. The second kappa shape index (κ2) is 9.77. The van der Waals surface area contributed by atoms with E-state index in [1.807, 2.05) is 30.3 Å². The number of halogens is 3. The molecule has 2 aromatic carbocycles. The van der Waals surface area contributed by atoms with Crippen molar-refractivity contribution >= 4 is 27.0 Å². The van der Waals surface area contributed by atoms with Gasteiger partial charge in [-0.15, -0.1) is 0 Å². The van der Waals surface area contributed by atoms with Gasteiger partial charge in [-0.3, -0.25) is 0 Å². The van der Waals surface area contributed by atoms with Crippen molar-refractivity contribution < 1.29 is 35.7 Å². The molecule has 1 atom stereocenters. The molecule has 0 aliphatic heterocycles. The molecule has 2 rings (SSSR count). The third kappa shape index (κ3) is 7.61. The molecule has 0 saturated heterocycles. The second-order valence-electron chi connectivity index (χ2n) is 5.18. The molecule has 0 saturated carbocycles. The van der Waals surface area contributed by atoms with Crippen molar-refractivity contribution in [1.29, 1.82) is 0 Å². The maximum absolute atomic E-state index is 11.4. The molecule has 1 unspecified atom stereocenters. The Balaban J connectivity index is 0.000000387. The monoisotopic (exact) mass is 422 g/mol. The molecule has 5 nitrogen and oxygen atoms in total. The van der Waals surface area contributed by atoms with E-state index < -0.39 is 15.6 Å². The van der Waals surface area contributed by atoms with Gasteiger partial charge in [0.05, 0.1) is 12.7 Å². The zero-order valence-corrected chi connectivity index (χ0v) is 16.0. The minimum absolute atomic E-state index is 0.140. The number of methoxy groups -OCH3 is 1. The van der Waals surface area contributed by atoms with E-state index >= 15 is 0 Å². The quantitative estimate of drug-likeness (QED) is 0.327. The predicted molar refractivity (Wildman–Crippen MR) is 95.2 cm³/mol. The van der Waals surface area contributed by atoms with Crippen LogP contribution in [0.3, 0.4) is 0 Å². The predicted octanol–water partition coefficient (Wildman–Crippen LogP) is 3.33. The van der Waals surface area contributed by atoms with E-state index in [1.54, 1.807) is 0 Å². The van der Waals surface area contributed by atoms with Gasteiger partial charge in [-0.2, -0.15) is 13.2 Å². The Morgan fingerprint density at radius 3 is 1.96 bits per heavy atom. The van der Waals surface area contributed by atoms with Crippen molar-refractivity contribution in [2.75, 3.05) is 13.4 Å². The summed E-state index contributed by atoms with van der Waals surface area (Å²) in [6.45, 7) is 0. The molecule has 148 valence electrons. The first-order valence-corrected chi connectivity index (χ1v) is 10.5. The third-order valence-corrected chi connectivity index (χ3v) is 5.60. The van der Waals surface area contributed by atoms with Crippen LogP contribution in [-0.2, 0) is 31.5 Å². The fourth-order valence-corrected chi connectivity index (χ4v) is 3.31. The molecule has 0 aliphatic carbocycles. The highest BCUT2D eigenvalue weighted by molar-refractivity contribution is 7.95. The van der Waals surface area contributed by atoms with Gasteiger partial charge in [0, 0.05) is 16.5 Å². The van der Waals surface area contributed by atoms with Crippen molar-refractivity contribution in [3.05, 3.63) is 65.7 Å². The van der Waals surface area contributed by atoms with Gasteiger partial charge in [-0.05, 0) is 24.3 Å². The van der Waals surface area contributed by atoms with Gasteiger partial charge in [0.2, 0.25) is 0 Å². The van der Waals surface area contributed by atoms with E-state index in [0.717, 1.165) is 5.75 Å². The molecule has 0 radical (unpaired) electrons. The van der Waals surface area contributed by atoms with Crippen LogP contribution >= 0.6 is 0 Å². The summed E-state index contributed by atoms with van der Waals surface area (Å²) in [5, 5.41) is 0. The second-order valence-corrected chi connectivity index (χ2v) is 8.59. The van der Waals surface area contributed by atoms with E-state index in [-0.39, 0.29) is 16.9 Å². The van der Waals surface area contributed by atoms with Crippen molar-refractivity contribution in [2.45, 2.75) is 16.2 Å². The van der Waals surface area contributed by atoms with Gasteiger partial charge in [-0.1, -0.05) is 30.3 Å². The van der Waals surface area contributed by atoms with Crippen molar-refractivity contribution in [2.24, 2.45) is 0 Å². The van der Waals surface area contributed by atoms with Gasteiger partial charge >= 0.3 is 11.5 Å². The summed E-state index contributed by atoms with van der Waals surface area (Å²) in [5.41, 5.74) is -3.71. The summed E-state index contributed by atoms with van der Waals surface area (Å²) in [6, 6.07) is 18.1. The Morgan fingerprint density at radius 1 is 1.07 bits per heavy atom. The average Bonchev–Trinajstić information content (AvgIpc) is 2.61. The largest absolute Gasteiger partial charge is 0.741 e. The number of esters is 1. The number of carbonyl (C=O) groups excluding carboxylic acids is 1. The number of carbonyl (C=O) groups is 1. The Kier molecular flexibility index (Phi) is 8.32. The van der Waals surface area contributed by atoms with Gasteiger partial charge in [0.15, 0.2) is 15.0 Å². The molecule has 27 heavy (non-hydrogen) atoms. The average molecular weight is 422 g/mol. The van der Waals surface area contributed by atoms with E-state index in [0.29, 0.717) is 5.56 Å². The lowest BCUT2D eigenvalue weighted by atomic mass is 10.2. The highest BCUT2D eigenvalue weighted by Crippen LogP contribution is 2.20. The summed E-state index contributed by atoms with van der Waals surface area (Å²) in [6.07, 6.45) is 2.22. The zero-order chi connectivity index (χ0) is 20.7. The topological polar surface area (TPSA) is 83.5 Å². The summed E-state index contributed by atoms with van der Waals surface area (Å²) < 4.78 is 63.6. The van der Waals surface area contributed by atoms with Crippen molar-refractivity contribution in [3.63, 3.8) is 0 Å². The van der Waals surface area contributed by atoms with Crippen LogP contribution in [-0.4, -0.2) is 37.8 Å². The third-order valence-electron chi connectivity index (χ3n) is 3.19. The molecule has 2 aromatic rings. The molecular weight excluding hydrogens is 405 g/mol. The number of alkyl halides is 3. The smallest absolute Gasteiger partial charge is 0.485 e. The van der Waals surface area contributed by atoms with Gasteiger partial charge in [0.25, 0.3) is 0 Å². The summed E-state index contributed by atoms with van der Waals surface area (Å²) in [5.74, 6) is 0.740. The first kappa shape index (κ1) is 23.0. The minimum Gasteiger partial charge on any atom is -0.741 e. The number of ether oxygens (including phenoxy) is 1. The van der Waals surface area contributed by atoms with Gasteiger partial charge in [0.1, 0.15) is 12.0 Å². The standard InChI is InChI=1S/C16H17O2S.CHF3O3S/c1-18-16(17)14-8-10-15(11-9-14)19(2)12-13-6-4-3-5-7-13;2-1(3,4)8(5,6)7/h3-11H,12H2,1-2H3;(H,5,6,7)/q+1;/p-1. The van der Waals surface area contributed by atoms with E-state index in [9.17, 15) is 18.0 Å². The first-order chi connectivity index (χ1) is 12.5. The Bertz CT molecular complexity index is 835. The molecule has 0 aromatic heterocycles. The Labute approximate surface area is 158 Å².